The van der Waals surface area contributed by atoms with Crippen molar-refractivity contribution in [3.63, 3.8) is 0 Å². The van der Waals surface area contributed by atoms with Crippen molar-refractivity contribution in [1.29, 1.82) is 0 Å². The minimum absolute atomic E-state index is 0.230. The van der Waals surface area contributed by atoms with E-state index in [9.17, 15) is 0 Å². The predicted octanol–water partition coefficient (Wildman–Crippen LogP) is 4.62. The van der Waals surface area contributed by atoms with E-state index in [0.29, 0.717) is 0 Å². The van der Waals surface area contributed by atoms with Gasteiger partial charge in [-0.1, -0.05) is 58.9 Å². The molecule has 0 aliphatic carbocycles. The molecule has 0 aliphatic heterocycles. The Labute approximate surface area is 136 Å². The Hall–Kier alpha value is -1.63. The van der Waals surface area contributed by atoms with Gasteiger partial charge in [-0.2, -0.15) is 0 Å². The first-order valence-corrected chi connectivity index (χ1v) is 8.19. The molecule has 1 heteroatoms. The Balaban J connectivity index is 2.06. The molecule has 0 atom stereocenters. The molecule has 0 saturated carbocycles. The molecule has 0 fully saturated rings. The van der Waals surface area contributed by atoms with Crippen molar-refractivity contribution in [3.05, 3.63) is 65.5 Å². The van der Waals surface area contributed by atoms with Gasteiger partial charge in [-0.05, 0) is 40.4 Å². The Kier molecular flexibility index (Phi) is 4.75. The summed E-state index contributed by atoms with van der Waals surface area (Å²) in [6, 6.07) is 13.6. The van der Waals surface area contributed by atoms with E-state index in [-0.39, 0.29) is 10.8 Å². The molecule has 0 radical (unpaired) electrons. The second kappa shape index (κ2) is 6.24. The van der Waals surface area contributed by atoms with E-state index in [1.165, 1.54) is 16.7 Å². The lowest BCUT2D eigenvalue weighted by Gasteiger charge is -2.25. The van der Waals surface area contributed by atoms with Crippen LogP contribution in [0.1, 0.15) is 51.3 Å². The predicted molar refractivity (Wildman–Crippen MR) is 93.9 cm³/mol. The van der Waals surface area contributed by atoms with Crippen molar-refractivity contribution in [2.75, 3.05) is 0 Å². The first-order valence-electron chi connectivity index (χ1n) is 8.19. The molecule has 118 valence electrons. The quantitative estimate of drug-likeness (QED) is 0.725. The van der Waals surface area contributed by atoms with Crippen LogP contribution in [-0.2, 0) is 25.3 Å². The summed E-state index contributed by atoms with van der Waals surface area (Å²) in [5, 5.41) is 0. The number of rotatable bonds is 4. The van der Waals surface area contributed by atoms with Gasteiger partial charge in [0.1, 0.15) is 7.05 Å². The topological polar surface area (TPSA) is 3.88 Å². The zero-order valence-corrected chi connectivity index (χ0v) is 15.0. The Morgan fingerprint density at radius 2 is 1.18 bits per heavy atom. The molecule has 0 unspecified atom stereocenters. The zero-order valence-electron chi connectivity index (χ0n) is 15.0. The molecule has 0 N–H and O–H groups in total. The van der Waals surface area contributed by atoms with E-state index in [1.807, 2.05) is 0 Å². The van der Waals surface area contributed by atoms with Crippen LogP contribution in [0.5, 0.6) is 0 Å². The molecule has 1 heterocycles. The van der Waals surface area contributed by atoms with Gasteiger partial charge in [-0.3, -0.25) is 0 Å². The number of benzene rings is 1. The number of hydrogen-bond donors (Lipinski definition) is 0. The van der Waals surface area contributed by atoms with E-state index >= 15 is 0 Å². The van der Waals surface area contributed by atoms with Crippen molar-refractivity contribution in [1.82, 2.24) is 0 Å². The summed E-state index contributed by atoms with van der Waals surface area (Å²) in [6.45, 7) is 11.5. The fourth-order valence-electron chi connectivity index (χ4n) is 2.94. The first kappa shape index (κ1) is 16.7. The van der Waals surface area contributed by atoms with Crippen LogP contribution in [-0.4, -0.2) is 0 Å². The smallest absolute Gasteiger partial charge is 0.168 e. The van der Waals surface area contributed by atoms with E-state index in [1.54, 1.807) is 0 Å². The molecule has 0 aliphatic rings. The molecule has 0 saturated heterocycles. The number of nitrogens with zero attached hydrogens (tertiary/aromatic N) is 1. The highest BCUT2D eigenvalue weighted by atomic mass is 14.9. The molecule has 0 spiro atoms. The van der Waals surface area contributed by atoms with Gasteiger partial charge in [-0.15, -0.1) is 0 Å². The minimum atomic E-state index is 0.230. The summed E-state index contributed by atoms with van der Waals surface area (Å²) in [6.07, 6.45) is 6.47. The van der Waals surface area contributed by atoms with Crippen molar-refractivity contribution < 1.29 is 4.57 Å². The number of hydrogen-bond acceptors (Lipinski definition) is 0. The highest BCUT2D eigenvalue weighted by Gasteiger charge is 2.20. The second-order valence-corrected chi connectivity index (χ2v) is 8.34. The maximum absolute atomic E-state index is 2.36. The molecule has 22 heavy (non-hydrogen) atoms. The van der Waals surface area contributed by atoms with Crippen molar-refractivity contribution >= 4 is 0 Å². The Morgan fingerprint density at radius 1 is 0.727 bits per heavy atom. The van der Waals surface area contributed by atoms with E-state index in [2.05, 4.69) is 95.0 Å². The van der Waals surface area contributed by atoms with Crippen LogP contribution >= 0.6 is 0 Å². The van der Waals surface area contributed by atoms with Gasteiger partial charge in [0.15, 0.2) is 12.4 Å². The van der Waals surface area contributed by atoms with Crippen LogP contribution in [0.4, 0.5) is 0 Å². The van der Waals surface area contributed by atoms with Crippen LogP contribution in [0, 0.1) is 5.41 Å². The van der Waals surface area contributed by atoms with E-state index in [0.717, 1.165) is 12.8 Å². The fourth-order valence-corrected chi connectivity index (χ4v) is 2.94. The van der Waals surface area contributed by atoms with Gasteiger partial charge in [0.2, 0.25) is 0 Å². The molecule has 0 bridgehead atoms. The summed E-state index contributed by atoms with van der Waals surface area (Å²) in [4.78, 5) is 0. The summed E-state index contributed by atoms with van der Waals surface area (Å²) < 4.78 is 2.09. The SMILES string of the molecule is C[n+]1ccc(CC(C)(C)Cc2ccc(C(C)(C)C)cc2)cc1. The molecule has 2 aromatic rings. The molecular weight excluding hydrogens is 266 g/mol. The van der Waals surface area contributed by atoms with Crippen LogP contribution in [0.2, 0.25) is 0 Å². The van der Waals surface area contributed by atoms with Crippen molar-refractivity contribution in [2.24, 2.45) is 12.5 Å². The van der Waals surface area contributed by atoms with Gasteiger partial charge in [0, 0.05) is 12.1 Å². The average molecular weight is 296 g/mol. The zero-order chi connectivity index (χ0) is 16.4. The summed E-state index contributed by atoms with van der Waals surface area (Å²) in [5.41, 5.74) is 4.75. The lowest BCUT2D eigenvalue weighted by atomic mass is 9.79. The highest BCUT2D eigenvalue weighted by Crippen LogP contribution is 2.28. The minimum Gasteiger partial charge on any atom is -0.208 e. The maximum atomic E-state index is 2.36. The third-order valence-electron chi connectivity index (χ3n) is 4.23. The standard InChI is InChI=1S/C21H30N/c1-20(2,3)19-9-7-17(8-10-19)15-21(4,5)16-18-11-13-22(6)14-12-18/h7-14H,15-16H2,1-6H3/q+1. The van der Waals surface area contributed by atoms with Gasteiger partial charge in [0.25, 0.3) is 0 Å². The van der Waals surface area contributed by atoms with Gasteiger partial charge in [0.05, 0.1) is 0 Å². The summed E-state index contributed by atoms with van der Waals surface area (Å²) >= 11 is 0. The summed E-state index contributed by atoms with van der Waals surface area (Å²) in [7, 11) is 2.06. The number of aromatic nitrogens is 1. The number of pyridine rings is 1. The molecule has 1 aromatic heterocycles. The third kappa shape index (κ3) is 4.69. The Morgan fingerprint density at radius 3 is 1.64 bits per heavy atom. The van der Waals surface area contributed by atoms with Crippen LogP contribution in [0.25, 0.3) is 0 Å². The second-order valence-electron chi connectivity index (χ2n) is 8.34. The van der Waals surface area contributed by atoms with Crippen LogP contribution < -0.4 is 4.57 Å². The van der Waals surface area contributed by atoms with E-state index < -0.39 is 0 Å². The van der Waals surface area contributed by atoms with Gasteiger partial charge < -0.3 is 0 Å². The largest absolute Gasteiger partial charge is 0.208 e. The van der Waals surface area contributed by atoms with Crippen molar-refractivity contribution in [3.8, 4) is 0 Å². The highest BCUT2D eigenvalue weighted by molar-refractivity contribution is 5.28. The Bertz CT molecular complexity index is 598. The first-order chi connectivity index (χ1) is 10.2. The lowest BCUT2D eigenvalue weighted by molar-refractivity contribution is -0.671. The van der Waals surface area contributed by atoms with Crippen molar-refractivity contribution in [2.45, 2.75) is 52.9 Å². The third-order valence-corrected chi connectivity index (χ3v) is 4.23. The maximum Gasteiger partial charge on any atom is 0.168 e. The number of aryl methyl sites for hydroxylation is 1. The van der Waals surface area contributed by atoms with Crippen LogP contribution in [0.15, 0.2) is 48.8 Å². The van der Waals surface area contributed by atoms with E-state index in [4.69, 9.17) is 0 Å². The molecule has 1 nitrogen and oxygen atoms in total. The molecule has 1 aromatic carbocycles. The van der Waals surface area contributed by atoms with Crippen LogP contribution in [0.3, 0.4) is 0 Å². The molecule has 0 amide bonds. The molecular formula is C21H30N+. The molecule has 2 rings (SSSR count). The van der Waals surface area contributed by atoms with Gasteiger partial charge in [-0.25, -0.2) is 4.57 Å². The summed E-state index contributed by atoms with van der Waals surface area (Å²) in [5.74, 6) is 0. The average Bonchev–Trinajstić information content (AvgIpc) is 2.40. The lowest BCUT2D eigenvalue weighted by Crippen LogP contribution is -2.27. The monoisotopic (exact) mass is 296 g/mol. The normalized spacial score (nSPS) is 12.5. The fraction of sp³-hybridized carbons (Fsp3) is 0.476. The van der Waals surface area contributed by atoms with Gasteiger partial charge >= 0.3 is 0 Å².